The monoisotopic (exact) mass is 321 g/mol. The summed E-state index contributed by atoms with van der Waals surface area (Å²) in [5.41, 5.74) is 8.13. The van der Waals surface area contributed by atoms with Crippen molar-refractivity contribution < 1.29 is 9.00 Å². The van der Waals surface area contributed by atoms with Crippen molar-refractivity contribution in [3.05, 3.63) is 59.1 Å². The molecule has 5 heteroatoms. The summed E-state index contributed by atoms with van der Waals surface area (Å²) in [5.74, 6) is 0.283. The van der Waals surface area contributed by atoms with Crippen LogP contribution in [-0.4, -0.2) is 15.9 Å². The summed E-state index contributed by atoms with van der Waals surface area (Å²) in [4.78, 5) is 10.8. The lowest BCUT2D eigenvalue weighted by Crippen LogP contribution is -2.15. The fraction of sp³-hybridized carbons (Fsp3) is 0.188. The topological polar surface area (TPSA) is 60.2 Å². The number of halogens is 1. The van der Waals surface area contributed by atoms with E-state index in [0.29, 0.717) is 16.5 Å². The quantitative estimate of drug-likeness (QED) is 0.888. The fourth-order valence-corrected chi connectivity index (χ4v) is 3.32. The molecule has 0 saturated heterocycles. The highest BCUT2D eigenvalue weighted by Crippen LogP contribution is 2.26. The number of rotatable bonds is 6. The number of nitrogens with two attached hydrogens (primary N) is 1. The van der Waals surface area contributed by atoms with Gasteiger partial charge in [-0.1, -0.05) is 48.0 Å². The van der Waals surface area contributed by atoms with Gasteiger partial charge in [0.25, 0.3) is 0 Å². The molecule has 2 N–H and O–H groups in total. The molecule has 2 aromatic carbocycles. The molecular weight excluding hydrogens is 306 g/mol. The second-order valence-electron chi connectivity index (χ2n) is 4.67. The Hall–Kier alpha value is -1.65. The first-order valence-corrected chi connectivity index (χ1v) is 8.40. The number of amides is 1. The van der Waals surface area contributed by atoms with Crippen molar-refractivity contribution in [3.8, 4) is 11.1 Å². The van der Waals surface area contributed by atoms with Gasteiger partial charge in [0.2, 0.25) is 5.91 Å². The lowest BCUT2D eigenvalue weighted by Gasteiger charge is -2.09. The molecule has 2 rings (SSSR count). The Morgan fingerprint density at radius 3 is 2.43 bits per heavy atom. The van der Waals surface area contributed by atoms with Crippen LogP contribution in [0, 0.1) is 0 Å². The van der Waals surface area contributed by atoms with E-state index in [9.17, 15) is 9.00 Å². The molecule has 0 bridgehead atoms. The summed E-state index contributed by atoms with van der Waals surface area (Å²) in [6.07, 6.45) is 0.149. The minimum absolute atomic E-state index is 0.149. The molecule has 0 spiro atoms. The summed E-state index contributed by atoms with van der Waals surface area (Å²) >= 11 is 5.90. The number of benzene rings is 2. The van der Waals surface area contributed by atoms with Crippen molar-refractivity contribution in [2.24, 2.45) is 5.73 Å². The van der Waals surface area contributed by atoms with Crippen molar-refractivity contribution in [1.82, 2.24) is 0 Å². The van der Waals surface area contributed by atoms with Gasteiger partial charge >= 0.3 is 0 Å². The van der Waals surface area contributed by atoms with Gasteiger partial charge in [-0.15, -0.1) is 0 Å². The predicted octanol–water partition coefficient (Wildman–Crippen LogP) is 3.13. The summed E-state index contributed by atoms with van der Waals surface area (Å²) in [6, 6.07) is 15.3. The third-order valence-corrected chi connectivity index (χ3v) is 4.61. The van der Waals surface area contributed by atoms with Crippen LogP contribution in [0.4, 0.5) is 0 Å². The van der Waals surface area contributed by atoms with Crippen LogP contribution in [0.25, 0.3) is 11.1 Å². The number of carbonyl (C=O) groups excluding carboxylic acids is 1. The van der Waals surface area contributed by atoms with E-state index in [2.05, 4.69) is 0 Å². The van der Waals surface area contributed by atoms with Crippen LogP contribution in [0.1, 0.15) is 12.0 Å². The maximum atomic E-state index is 12.0. The third-order valence-electron chi connectivity index (χ3n) is 3.07. The minimum atomic E-state index is -1.11. The van der Waals surface area contributed by atoms with Crippen LogP contribution >= 0.6 is 11.6 Å². The summed E-state index contributed by atoms with van der Waals surface area (Å²) in [5, 5.41) is 0.682. The standard InChI is InChI=1S/C16H16ClNO2S/c17-14-7-5-12(6-8-14)15-4-2-1-3-13(15)11-21(20)10-9-16(18)19/h1-8H,9-11H2,(H2,18,19)/t21-/m1/s1. The third kappa shape index (κ3) is 4.69. The Balaban J connectivity index is 2.19. The molecule has 0 radical (unpaired) electrons. The van der Waals surface area contributed by atoms with Gasteiger partial charge in [-0.3, -0.25) is 9.00 Å². The van der Waals surface area contributed by atoms with Crippen molar-refractivity contribution >= 4 is 28.3 Å². The Labute approximate surface area is 131 Å². The number of primary amides is 1. The van der Waals surface area contributed by atoms with E-state index in [1.54, 1.807) is 0 Å². The highest BCUT2D eigenvalue weighted by Gasteiger charge is 2.09. The van der Waals surface area contributed by atoms with Gasteiger partial charge in [-0.25, -0.2) is 0 Å². The van der Waals surface area contributed by atoms with E-state index < -0.39 is 16.7 Å². The van der Waals surface area contributed by atoms with E-state index in [1.165, 1.54) is 0 Å². The first kappa shape index (κ1) is 15.7. The number of carbonyl (C=O) groups is 1. The Bertz CT molecular complexity index is 656. The average molecular weight is 322 g/mol. The highest BCUT2D eigenvalue weighted by atomic mass is 35.5. The van der Waals surface area contributed by atoms with Gasteiger partial charge < -0.3 is 5.73 Å². The number of hydrogen-bond donors (Lipinski definition) is 1. The van der Waals surface area contributed by atoms with Crippen molar-refractivity contribution in [1.29, 1.82) is 0 Å². The van der Waals surface area contributed by atoms with Gasteiger partial charge in [0.05, 0.1) is 0 Å². The zero-order chi connectivity index (χ0) is 15.2. The van der Waals surface area contributed by atoms with Gasteiger partial charge in [0.15, 0.2) is 0 Å². The molecule has 0 aliphatic heterocycles. The van der Waals surface area contributed by atoms with Crippen LogP contribution in [0.3, 0.4) is 0 Å². The minimum Gasteiger partial charge on any atom is -0.370 e. The molecule has 0 saturated carbocycles. The van der Waals surface area contributed by atoms with E-state index in [4.69, 9.17) is 17.3 Å². The molecule has 0 fully saturated rings. The Kier molecular flexibility index (Phi) is 5.53. The maximum absolute atomic E-state index is 12.0. The van der Waals surface area contributed by atoms with Gasteiger partial charge in [0, 0.05) is 33.7 Å². The lowest BCUT2D eigenvalue weighted by atomic mass is 10.0. The van der Waals surface area contributed by atoms with Gasteiger partial charge in [-0.05, 0) is 28.8 Å². The average Bonchev–Trinajstić information content (AvgIpc) is 2.47. The molecule has 0 aromatic heterocycles. The maximum Gasteiger partial charge on any atom is 0.218 e. The summed E-state index contributed by atoms with van der Waals surface area (Å²) in [7, 11) is -1.11. The first-order chi connectivity index (χ1) is 10.1. The van der Waals surface area contributed by atoms with Gasteiger partial charge in [0.1, 0.15) is 0 Å². The van der Waals surface area contributed by atoms with Crippen LogP contribution in [0.2, 0.25) is 5.02 Å². The molecule has 0 aliphatic carbocycles. The normalized spacial score (nSPS) is 12.0. The second kappa shape index (κ2) is 7.38. The molecule has 3 nitrogen and oxygen atoms in total. The van der Waals surface area contributed by atoms with Crippen molar-refractivity contribution in [2.45, 2.75) is 12.2 Å². The van der Waals surface area contributed by atoms with Crippen molar-refractivity contribution in [2.75, 3.05) is 5.75 Å². The van der Waals surface area contributed by atoms with Crippen LogP contribution in [0.5, 0.6) is 0 Å². The molecule has 110 valence electrons. The Morgan fingerprint density at radius 1 is 1.10 bits per heavy atom. The largest absolute Gasteiger partial charge is 0.370 e. The lowest BCUT2D eigenvalue weighted by molar-refractivity contribution is -0.117. The molecule has 2 aromatic rings. The van der Waals surface area contributed by atoms with E-state index in [-0.39, 0.29) is 6.42 Å². The smallest absolute Gasteiger partial charge is 0.218 e. The number of hydrogen-bond acceptors (Lipinski definition) is 2. The van der Waals surface area contributed by atoms with Crippen LogP contribution in [0.15, 0.2) is 48.5 Å². The molecule has 0 heterocycles. The van der Waals surface area contributed by atoms with Crippen molar-refractivity contribution in [3.63, 3.8) is 0 Å². The van der Waals surface area contributed by atoms with Gasteiger partial charge in [-0.2, -0.15) is 0 Å². The fourth-order valence-electron chi connectivity index (χ4n) is 2.02. The summed E-state index contributed by atoms with van der Waals surface area (Å²) < 4.78 is 12.0. The molecule has 0 unspecified atom stereocenters. The first-order valence-electron chi connectivity index (χ1n) is 6.53. The molecule has 0 aliphatic rings. The predicted molar refractivity (Wildman–Crippen MR) is 87.4 cm³/mol. The summed E-state index contributed by atoms with van der Waals surface area (Å²) in [6.45, 7) is 0. The van der Waals surface area contributed by atoms with E-state index in [1.807, 2.05) is 48.5 Å². The second-order valence-corrected chi connectivity index (χ2v) is 6.68. The SMILES string of the molecule is NC(=O)CC[S@@](=O)Cc1ccccc1-c1ccc(Cl)cc1. The van der Waals surface area contributed by atoms with E-state index in [0.717, 1.165) is 16.7 Å². The zero-order valence-electron chi connectivity index (χ0n) is 11.4. The molecule has 21 heavy (non-hydrogen) atoms. The Morgan fingerprint density at radius 2 is 1.76 bits per heavy atom. The van der Waals surface area contributed by atoms with Crippen LogP contribution in [-0.2, 0) is 21.3 Å². The van der Waals surface area contributed by atoms with E-state index >= 15 is 0 Å². The zero-order valence-corrected chi connectivity index (χ0v) is 13.0. The molecular formula is C16H16ClNO2S. The molecule has 1 amide bonds. The highest BCUT2D eigenvalue weighted by molar-refractivity contribution is 7.84. The molecule has 1 atom stereocenters. The van der Waals surface area contributed by atoms with Crippen LogP contribution < -0.4 is 5.73 Å².